The van der Waals surface area contributed by atoms with Crippen LogP contribution in [0.25, 0.3) is 0 Å². The lowest BCUT2D eigenvalue weighted by Crippen LogP contribution is -2.48. The molecule has 0 spiro atoms. The first-order valence-electron chi connectivity index (χ1n) is 6.09. The van der Waals surface area contributed by atoms with Gasteiger partial charge in [-0.1, -0.05) is 50.0 Å². The Hall–Kier alpha value is -0.603. The third-order valence-electron chi connectivity index (χ3n) is 4.07. The zero-order valence-electron chi connectivity index (χ0n) is 10.8. The van der Waals surface area contributed by atoms with Crippen molar-refractivity contribution in [2.75, 3.05) is 7.11 Å². The summed E-state index contributed by atoms with van der Waals surface area (Å²) in [4.78, 5) is 0. The molecule has 1 fully saturated rings. The van der Waals surface area contributed by atoms with Crippen LogP contribution in [-0.2, 0) is 10.3 Å². The molecule has 0 N–H and O–H groups in total. The molecule has 1 saturated carbocycles. The Morgan fingerprint density at radius 2 is 1.69 bits per heavy atom. The topological polar surface area (TPSA) is 9.23 Å². The van der Waals surface area contributed by atoms with Crippen molar-refractivity contribution in [1.29, 1.82) is 0 Å². The van der Waals surface area contributed by atoms with Crippen molar-refractivity contribution < 1.29 is 4.74 Å². The van der Waals surface area contributed by atoms with Crippen LogP contribution in [0.2, 0.25) is 25.2 Å². The van der Waals surface area contributed by atoms with Crippen molar-refractivity contribution in [3.8, 4) is 0 Å². The van der Waals surface area contributed by atoms with Gasteiger partial charge in [0.1, 0.15) is 0 Å². The molecule has 0 unspecified atom stereocenters. The lowest BCUT2D eigenvalue weighted by atomic mass is 9.74. The highest BCUT2D eigenvalue weighted by molar-refractivity contribution is 6.77. The van der Waals surface area contributed by atoms with Crippen LogP contribution in [0, 0.1) is 0 Å². The van der Waals surface area contributed by atoms with Gasteiger partial charge in [0.15, 0.2) is 0 Å². The quantitative estimate of drug-likeness (QED) is 0.717. The van der Waals surface area contributed by atoms with Crippen LogP contribution in [-0.4, -0.2) is 15.2 Å². The molecule has 1 aliphatic rings. The predicted molar refractivity (Wildman–Crippen MR) is 71.5 cm³/mol. The maximum Gasteiger partial charge on any atom is 0.0927 e. The third-order valence-corrected chi connectivity index (χ3v) is 6.93. The van der Waals surface area contributed by atoms with Crippen LogP contribution in [0.3, 0.4) is 0 Å². The smallest absolute Gasteiger partial charge is 0.0927 e. The fourth-order valence-corrected chi connectivity index (χ4v) is 4.49. The van der Waals surface area contributed by atoms with E-state index in [2.05, 4.69) is 50.0 Å². The molecule has 1 aromatic carbocycles. The number of hydrogen-bond donors (Lipinski definition) is 0. The van der Waals surface area contributed by atoms with Gasteiger partial charge in [0.05, 0.1) is 5.60 Å². The molecular formula is C14H22OSi. The molecule has 0 heterocycles. The fraction of sp³-hybridized carbons (Fsp3) is 0.571. The number of rotatable bonds is 3. The molecule has 16 heavy (non-hydrogen) atoms. The van der Waals surface area contributed by atoms with E-state index in [9.17, 15) is 0 Å². The summed E-state index contributed by atoms with van der Waals surface area (Å²) in [6, 6.07) is 10.7. The first-order chi connectivity index (χ1) is 7.48. The average Bonchev–Trinajstić information content (AvgIpc) is 2.16. The number of ether oxygens (including phenoxy) is 1. The normalized spacial score (nSPS) is 29.9. The maximum absolute atomic E-state index is 5.81. The number of methoxy groups -OCH3 is 1. The average molecular weight is 234 g/mol. The Labute approximate surface area is 99.8 Å². The second kappa shape index (κ2) is 4.01. The third kappa shape index (κ3) is 1.96. The summed E-state index contributed by atoms with van der Waals surface area (Å²) in [5, 5.41) is 0. The molecule has 2 heteroatoms. The molecule has 1 nitrogen and oxygen atoms in total. The fourth-order valence-electron chi connectivity index (χ4n) is 2.61. The Kier molecular flexibility index (Phi) is 2.97. The number of hydrogen-bond acceptors (Lipinski definition) is 1. The monoisotopic (exact) mass is 234 g/mol. The summed E-state index contributed by atoms with van der Waals surface area (Å²) in [5.41, 5.74) is 2.28. The number of benzene rings is 1. The van der Waals surface area contributed by atoms with Gasteiger partial charge in [-0.05, 0) is 23.9 Å². The van der Waals surface area contributed by atoms with E-state index in [0.29, 0.717) is 0 Å². The largest absolute Gasteiger partial charge is 0.374 e. The molecule has 0 aromatic heterocycles. The van der Waals surface area contributed by atoms with E-state index >= 15 is 0 Å². The first kappa shape index (κ1) is 11.9. The molecule has 1 aliphatic carbocycles. The summed E-state index contributed by atoms with van der Waals surface area (Å²) >= 11 is 0. The van der Waals surface area contributed by atoms with E-state index in [1.165, 1.54) is 18.4 Å². The van der Waals surface area contributed by atoms with Gasteiger partial charge < -0.3 is 4.74 Å². The predicted octanol–water partition coefficient (Wildman–Crippen LogP) is 4.03. The summed E-state index contributed by atoms with van der Waals surface area (Å²) in [7, 11) is 0.863. The molecule has 0 radical (unpaired) electrons. The molecule has 1 aromatic rings. The van der Waals surface area contributed by atoms with Gasteiger partial charge >= 0.3 is 0 Å². The SMILES string of the molecule is COC1(c2ccccc2)CC([Si](C)(C)C)C1. The molecule has 0 aliphatic heterocycles. The van der Waals surface area contributed by atoms with Gasteiger partial charge in [-0.2, -0.15) is 0 Å². The van der Waals surface area contributed by atoms with E-state index in [-0.39, 0.29) is 5.60 Å². The van der Waals surface area contributed by atoms with Crippen LogP contribution in [0.1, 0.15) is 18.4 Å². The van der Waals surface area contributed by atoms with Crippen molar-refractivity contribution in [3.05, 3.63) is 35.9 Å². The standard InChI is InChI=1S/C14H22OSi/c1-15-14(12-8-6-5-7-9-12)10-13(11-14)16(2,3)4/h5-9,13H,10-11H2,1-4H3. The van der Waals surface area contributed by atoms with Crippen molar-refractivity contribution in [3.63, 3.8) is 0 Å². The molecule has 88 valence electrons. The molecule has 0 amide bonds. The lowest BCUT2D eigenvalue weighted by molar-refractivity contribution is -0.0788. The highest BCUT2D eigenvalue weighted by atomic mass is 28.3. The Balaban J connectivity index is 2.15. The summed E-state index contributed by atoms with van der Waals surface area (Å²) in [6.07, 6.45) is 2.42. The van der Waals surface area contributed by atoms with Gasteiger partial charge in [-0.15, -0.1) is 0 Å². The Morgan fingerprint density at radius 3 is 2.12 bits per heavy atom. The van der Waals surface area contributed by atoms with Gasteiger partial charge in [-0.25, -0.2) is 0 Å². The summed E-state index contributed by atoms with van der Waals surface area (Å²) < 4.78 is 5.81. The van der Waals surface area contributed by atoms with E-state index in [1.807, 2.05) is 7.11 Å². The van der Waals surface area contributed by atoms with Crippen LogP contribution in [0.5, 0.6) is 0 Å². The Morgan fingerprint density at radius 1 is 1.12 bits per heavy atom. The lowest BCUT2D eigenvalue weighted by Gasteiger charge is -2.51. The van der Waals surface area contributed by atoms with E-state index < -0.39 is 8.07 Å². The molecule has 0 atom stereocenters. The Bertz CT molecular complexity index is 347. The summed E-state index contributed by atoms with van der Waals surface area (Å²) in [5.74, 6) is 0. The van der Waals surface area contributed by atoms with Gasteiger partial charge in [0.2, 0.25) is 0 Å². The van der Waals surface area contributed by atoms with Crippen molar-refractivity contribution >= 4 is 8.07 Å². The molecule has 0 saturated heterocycles. The van der Waals surface area contributed by atoms with Crippen molar-refractivity contribution in [1.82, 2.24) is 0 Å². The van der Waals surface area contributed by atoms with Gasteiger partial charge in [0, 0.05) is 15.2 Å². The second-order valence-corrected chi connectivity index (χ2v) is 11.6. The van der Waals surface area contributed by atoms with Crippen molar-refractivity contribution in [2.24, 2.45) is 0 Å². The van der Waals surface area contributed by atoms with Gasteiger partial charge in [-0.3, -0.25) is 0 Å². The highest BCUT2D eigenvalue weighted by Crippen LogP contribution is 2.55. The highest BCUT2D eigenvalue weighted by Gasteiger charge is 2.50. The first-order valence-corrected chi connectivity index (χ1v) is 9.66. The van der Waals surface area contributed by atoms with Crippen LogP contribution < -0.4 is 0 Å². The summed E-state index contributed by atoms with van der Waals surface area (Å²) in [6.45, 7) is 7.38. The van der Waals surface area contributed by atoms with E-state index in [0.717, 1.165) is 5.54 Å². The van der Waals surface area contributed by atoms with Crippen LogP contribution in [0.4, 0.5) is 0 Å². The van der Waals surface area contributed by atoms with E-state index in [4.69, 9.17) is 4.74 Å². The van der Waals surface area contributed by atoms with Crippen LogP contribution >= 0.6 is 0 Å². The van der Waals surface area contributed by atoms with E-state index in [1.54, 1.807) is 0 Å². The van der Waals surface area contributed by atoms with Crippen molar-refractivity contribution in [2.45, 2.75) is 43.6 Å². The van der Waals surface area contributed by atoms with Gasteiger partial charge in [0.25, 0.3) is 0 Å². The molecule has 0 bridgehead atoms. The minimum Gasteiger partial charge on any atom is -0.374 e. The second-order valence-electron chi connectivity index (χ2n) is 6.04. The zero-order chi connectivity index (χ0) is 11.8. The zero-order valence-corrected chi connectivity index (χ0v) is 11.8. The molecule has 2 rings (SSSR count). The minimum atomic E-state index is -0.992. The maximum atomic E-state index is 5.81. The minimum absolute atomic E-state index is 0.0200. The van der Waals surface area contributed by atoms with Crippen LogP contribution in [0.15, 0.2) is 30.3 Å². The molecular weight excluding hydrogens is 212 g/mol.